The van der Waals surface area contributed by atoms with Gasteiger partial charge in [0.2, 0.25) is 10.0 Å². The molecule has 0 saturated carbocycles. The molecule has 8 nitrogen and oxygen atoms in total. The summed E-state index contributed by atoms with van der Waals surface area (Å²) >= 11 is 0. The second kappa shape index (κ2) is 9.51. The first kappa shape index (κ1) is 23.4. The minimum Gasteiger partial charge on any atom is -0.475 e. The van der Waals surface area contributed by atoms with Crippen LogP contribution in [-0.2, 0) is 27.9 Å². The molecule has 12 heteroatoms. The Bertz CT molecular complexity index is 719. The maximum atomic E-state index is 12.4. The summed E-state index contributed by atoms with van der Waals surface area (Å²) in [6.45, 7) is 4.55. The van der Waals surface area contributed by atoms with Gasteiger partial charge in [0.1, 0.15) is 5.82 Å². The molecule has 0 aliphatic carbocycles. The van der Waals surface area contributed by atoms with Crippen LogP contribution >= 0.6 is 0 Å². The Morgan fingerprint density at radius 3 is 2.44 bits per heavy atom. The van der Waals surface area contributed by atoms with Crippen molar-refractivity contribution >= 4 is 16.0 Å². The molecule has 1 N–H and O–H groups in total. The summed E-state index contributed by atoms with van der Waals surface area (Å²) in [4.78, 5) is 15.3. The topological polar surface area (TPSA) is 95.7 Å². The number of hydrogen-bond donors (Lipinski definition) is 1. The summed E-state index contributed by atoms with van der Waals surface area (Å²) in [5.74, 6) is -1.42. The standard InChI is InChI=1S/C13H24N4O2S.C2HF3O2/c1-4-7-20(18,19)17-10-12(8-15(2)3)9-16-6-5-14-13(16)11-17;3-2(4,5)1(6)7/h5-6,12H,4,7-11H2,1-3H3;(H,6,7). The maximum absolute atomic E-state index is 12.4. The Balaban J connectivity index is 0.000000445. The Morgan fingerprint density at radius 1 is 1.37 bits per heavy atom. The fraction of sp³-hybridized carbons (Fsp3) is 0.733. The number of aliphatic carboxylic acids is 1. The van der Waals surface area contributed by atoms with Crippen molar-refractivity contribution < 1.29 is 31.5 Å². The Hall–Kier alpha value is -1.66. The van der Waals surface area contributed by atoms with Crippen molar-refractivity contribution in [3.8, 4) is 0 Å². The molecule has 0 saturated heterocycles. The number of aromatic nitrogens is 2. The van der Waals surface area contributed by atoms with E-state index in [0.717, 1.165) is 18.9 Å². The number of nitrogens with zero attached hydrogens (tertiary/aromatic N) is 4. The highest BCUT2D eigenvalue weighted by atomic mass is 32.2. The van der Waals surface area contributed by atoms with Crippen molar-refractivity contribution in [2.45, 2.75) is 32.6 Å². The van der Waals surface area contributed by atoms with E-state index in [0.29, 0.717) is 19.5 Å². The van der Waals surface area contributed by atoms with Crippen molar-refractivity contribution in [3.05, 3.63) is 18.2 Å². The van der Waals surface area contributed by atoms with Gasteiger partial charge in [-0.15, -0.1) is 0 Å². The highest BCUT2D eigenvalue weighted by Gasteiger charge is 2.38. The number of sulfonamides is 1. The molecule has 0 radical (unpaired) electrons. The normalized spacial score (nSPS) is 18.4. The summed E-state index contributed by atoms with van der Waals surface area (Å²) in [6.07, 6.45) is -0.752. The van der Waals surface area contributed by atoms with Gasteiger partial charge in [0.15, 0.2) is 0 Å². The van der Waals surface area contributed by atoms with Gasteiger partial charge in [-0.05, 0) is 20.5 Å². The maximum Gasteiger partial charge on any atom is 0.490 e. The van der Waals surface area contributed by atoms with Gasteiger partial charge in [0.25, 0.3) is 0 Å². The fourth-order valence-electron chi connectivity index (χ4n) is 2.73. The first-order valence-electron chi connectivity index (χ1n) is 8.29. The predicted molar refractivity (Wildman–Crippen MR) is 92.4 cm³/mol. The monoisotopic (exact) mass is 414 g/mol. The zero-order valence-electron chi connectivity index (χ0n) is 15.5. The first-order valence-corrected chi connectivity index (χ1v) is 9.90. The molecule has 1 aliphatic heterocycles. The molecular weight excluding hydrogens is 389 g/mol. The summed E-state index contributed by atoms with van der Waals surface area (Å²) in [6, 6.07) is 0. The lowest BCUT2D eigenvalue weighted by molar-refractivity contribution is -0.192. The Morgan fingerprint density at radius 2 is 1.96 bits per heavy atom. The van der Waals surface area contributed by atoms with E-state index in [9.17, 15) is 21.6 Å². The van der Waals surface area contributed by atoms with Crippen LogP contribution in [0.4, 0.5) is 13.2 Å². The zero-order chi connectivity index (χ0) is 20.8. The van der Waals surface area contributed by atoms with E-state index in [1.165, 1.54) is 0 Å². The summed E-state index contributed by atoms with van der Waals surface area (Å²) in [5, 5.41) is 7.12. The highest BCUT2D eigenvalue weighted by molar-refractivity contribution is 7.89. The number of fused-ring (bicyclic) bond motifs is 1. The van der Waals surface area contributed by atoms with Crippen molar-refractivity contribution in [2.24, 2.45) is 5.92 Å². The van der Waals surface area contributed by atoms with Crippen LogP contribution in [0.1, 0.15) is 19.2 Å². The molecule has 27 heavy (non-hydrogen) atoms. The van der Waals surface area contributed by atoms with Crippen LogP contribution in [0.5, 0.6) is 0 Å². The van der Waals surface area contributed by atoms with Gasteiger partial charge in [-0.1, -0.05) is 6.92 Å². The predicted octanol–water partition coefficient (Wildman–Crippen LogP) is 1.25. The summed E-state index contributed by atoms with van der Waals surface area (Å²) in [5.41, 5.74) is 0. The molecule has 0 aromatic carbocycles. The second-order valence-corrected chi connectivity index (χ2v) is 8.62. The first-order chi connectivity index (χ1) is 12.4. The third-order valence-electron chi connectivity index (χ3n) is 3.76. The molecule has 0 bridgehead atoms. The van der Waals surface area contributed by atoms with Gasteiger partial charge in [-0.2, -0.15) is 17.5 Å². The van der Waals surface area contributed by atoms with Crippen LogP contribution in [0.3, 0.4) is 0 Å². The lowest BCUT2D eigenvalue weighted by Gasteiger charge is -2.25. The molecule has 0 spiro atoms. The van der Waals surface area contributed by atoms with Crippen LogP contribution in [0.25, 0.3) is 0 Å². The molecule has 1 aromatic heterocycles. The van der Waals surface area contributed by atoms with E-state index >= 15 is 0 Å². The minimum atomic E-state index is -5.08. The quantitative estimate of drug-likeness (QED) is 0.779. The highest BCUT2D eigenvalue weighted by Crippen LogP contribution is 2.19. The molecule has 0 amide bonds. The molecule has 2 heterocycles. The van der Waals surface area contributed by atoms with E-state index < -0.39 is 22.2 Å². The number of alkyl halides is 3. The number of carboxylic acids is 1. The molecular formula is C15H25F3N4O4S. The van der Waals surface area contributed by atoms with E-state index in [1.54, 1.807) is 10.5 Å². The van der Waals surface area contributed by atoms with Gasteiger partial charge >= 0.3 is 12.1 Å². The largest absolute Gasteiger partial charge is 0.490 e. The summed E-state index contributed by atoms with van der Waals surface area (Å²) in [7, 11) is 0.852. The molecule has 156 valence electrons. The Kier molecular flexibility index (Phi) is 8.23. The number of carboxylic acid groups (broad SMARTS) is 1. The number of imidazole rings is 1. The molecule has 1 unspecified atom stereocenters. The van der Waals surface area contributed by atoms with Crippen LogP contribution < -0.4 is 0 Å². The average Bonchev–Trinajstić information content (AvgIpc) is 2.85. The third-order valence-corrected chi connectivity index (χ3v) is 5.75. The number of rotatable bonds is 5. The molecule has 1 atom stereocenters. The molecule has 1 aromatic rings. The molecule has 2 rings (SSSR count). The van der Waals surface area contributed by atoms with E-state index in [1.807, 2.05) is 27.2 Å². The average molecular weight is 414 g/mol. The minimum absolute atomic E-state index is 0.211. The van der Waals surface area contributed by atoms with Gasteiger partial charge in [-0.25, -0.2) is 18.2 Å². The Labute approximate surface area is 156 Å². The number of halogens is 3. The van der Waals surface area contributed by atoms with E-state index in [2.05, 4.69) is 14.5 Å². The van der Waals surface area contributed by atoms with Crippen LogP contribution in [-0.4, -0.2) is 77.4 Å². The zero-order valence-corrected chi connectivity index (χ0v) is 16.3. The lowest BCUT2D eigenvalue weighted by Crippen LogP contribution is -2.38. The molecule has 0 fully saturated rings. The van der Waals surface area contributed by atoms with Crippen molar-refractivity contribution in [1.29, 1.82) is 0 Å². The smallest absolute Gasteiger partial charge is 0.475 e. The van der Waals surface area contributed by atoms with Crippen LogP contribution in [0, 0.1) is 5.92 Å². The van der Waals surface area contributed by atoms with Crippen molar-refractivity contribution in [1.82, 2.24) is 18.8 Å². The van der Waals surface area contributed by atoms with Crippen LogP contribution in [0.15, 0.2) is 12.4 Å². The number of carbonyl (C=O) groups is 1. The second-order valence-electron chi connectivity index (χ2n) is 6.54. The molecule has 1 aliphatic rings. The van der Waals surface area contributed by atoms with Gasteiger partial charge in [0, 0.05) is 37.9 Å². The number of hydrogen-bond acceptors (Lipinski definition) is 5. The SMILES string of the molecule is CCCS(=O)(=O)N1Cc2nccn2CC(CN(C)C)C1.O=C(O)C(F)(F)F. The van der Waals surface area contributed by atoms with Crippen molar-refractivity contribution in [3.63, 3.8) is 0 Å². The van der Waals surface area contributed by atoms with E-state index in [4.69, 9.17) is 9.90 Å². The van der Waals surface area contributed by atoms with Crippen LogP contribution in [0.2, 0.25) is 0 Å². The van der Waals surface area contributed by atoms with Gasteiger partial charge in [0.05, 0.1) is 12.3 Å². The van der Waals surface area contributed by atoms with E-state index in [-0.39, 0.29) is 11.7 Å². The third kappa shape index (κ3) is 7.46. The lowest BCUT2D eigenvalue weighted by atomic mass is 10.1. The van der Waals surface area contributed by atoms with Gasteiger partial charge in [-0.3, -0.25) is 0 Å². The van der Waals surface area contributed by atoms with Gasteiger partial charge < -0.3 is 14.6 Å². The summed E-state index contributed by atoms with van der Waals surface area (Å²) < 4.78 is 60.2. The fourth-order valence-corrected chi connectivity index (χ4v) is 4.26. The van der Waals surface area contributed by atoms with Crippen molar-refractivity contribution in [2.75, 3.05) is 32.9 Å².